The molecule has 2 heterocycles. The number of methoxy groups -OCH3 is 1. The molecule has 1 aliphatic heterocycles. The number of sulfone groups is 1. The van der Waals surface area contributed by atoms with E-state index in [-0.39, 0.29) is 11.4 Å². The maximum absolute atomic E-state index is 13.0. The Morgan fingerprint density at radius 2 is 1.96 bits per heavy atom. The van der Waals surface area contributed by atoms with Crippen LogP contribution in [0.3, 0.4) is 0 Å². The van der Waals surface area contributed by atoms with Gasteiger partial charge in [0.2, 0.25) is 0 Å². The zero-order chi connectivity index (χ0) is 18.0. The zero-order valence-corrected chi connectivity index (χ0v) is 15.8. The van der Waals surface area contributed by atoms with Crippen LogP contribution >= 0.6 is 15.9 Å². The van der Waals surface area contributed by atoms with E-state index in [4.69, 9.17) is 4.74 Å². The van der Waals surface area contributed by atoms with Crippen molar-refractivity contribution in [2.75, 3.05) is 13.7 Å². The predicted molar refractivity (Wildman–Crippen MR) is 95.6 cm³/mol. The Morgan fingerprint density at radius 1 is 1.24 bits per heavy atom. The summed E-state index contributed by atoms with van der Waals surface area (Å²) >= 11 is 3.32. The van der Waals surface area contributed by atoms with Gasteiger partial charge >= 0.3 is 5.97 Å². The van der Waals surface area contributed by atoms with E-state index in [9.17, 15) is 13.2 Å². The Hall–Kier alpha value is -1.77. The summed E-state index contributed by atoms with van der Waals surface area (Å²) in [6.45, 7) is 0.152. The molecule has 1 saturated heterocycles. The number of esters is 1. The SMILES string of the molecule is COC(=O)[C@H]1[C@@H](c2ccc(Br)cn2)NC[C@@H]1S(=O)(=O)c1ccccc1. The van der Waals surface area contributed by atoms with E-state index in [0.29, 0.717) is 5.69 Å². The van der Waals surface area contributed by atoms with Gasteiger partial charge in [0, 0.05) is 17.2 Å². The predicted octanol–water partition coefficient (Wildman–Crippen LogP) is 2.12. The first-order valence-corrected chi connectivity index (χ1v) is 10.0. The number of benzene rings is 1. The minimum absolute atomic E-state index is 0.152. The quantitative estimate of drug-likeness (QED) is 0.756. The number of aromatic nitrogens is 1. The summed E-state index contributed by atoms with van der Waals surface area (Å²) < 4.78 is 31.7. The van der Waals surface area contributed by atoms with E-state index in [1.54, 1.807) is 36.5 Å². The fraction of sp³-hybridized carbons (Fsp3) is 0.294. The van der Waals surface area contributed by atoms with Gasteiger partial charge < -0.3 is 10.1 Å². The highest BCUT2D eigenvalue weighted by molar-refractivity contribution is 9.10. The van der Waals surface area contributed by atoms with Crippen LogP contribution in [0, 0.1) is 5.92 Å². The molecule has 3 rings (SSSR count). The van der Waals surface area contributed by atoms with E-state index in [0.717, 1.165) is 4.47 Å². The standard InChI is InChI=1S/C17H17BrN2O4S/c1-24-17(21)15-14(25(22,23)12-5-3-2-4-6-12)10-20-16(15)13-8-7-11(18)9-19-13/h2-9,14-16,20H,10H2,1H3/t14-,15+,16+/m0/s1. The normalized spacial score (nSPS) is 23.4. The van der Waals surface area contributed by atoms with Gasteiger partial charge in [0.05, 0.1) is 34.9 Å². The summed E-state index contributed by atoms with van der Waals surface area (Å²) in [5, 5.41) is 2.21. The van der Waals surface area contributed by atoms with Crippen LogP contribution in [0.2, 0.25) is 0 Å². The van der Waals surface area contributed by atoms with Gasteiger partial charge in [0.25, 0.3) is 0 Å². The number of carbonyl (C=O) groups is 1. The summed E-state index contributed by atoms with van der Waals surface area (Å²) in [5.41, 5.74) is 0.601. The largest absolute Gasteiger partial charge is 0.469 e. The summed E-state index contributed by atoms with van der Waals surface area (Å²) in [6.07, 6.45) is 1.62. The number of hydrogen-bond donors (Lipinski definition) is 1. The Kier molecular flexibility index (Phi) is 5.21. The van der Waals surface area contributed by atoms with Crippen molar-refractivity contribution in [3.63, 3.8) is 0 Å². The van der Waals surface area contributed by atoms with Crippen molar-refractivity contribution in [2.24, 2.45) is 5.92 Å². The molecule has 25 heavy (non-hydrogen) atoms. The van der Waals surface area contributed by atoms with Gasteiger partial charge in [-0.15, -0.1) is 0 Å². The molecule has 1 aromatic heterocycles. The topological polar surface area (TPSA) is 85.4 Å². The first kappa shape index (κ1) is 18.0. The van der Waals surface area contributed by atoms with E-state index in [2.05, 4.69) is 26.2 Å². The number of pyridine rings is 1. The summed E-state index contributed by atoms with van der Waals surface area (Å²) in [4.78, 5) is 16.9. The molecule has 0 aliphatic carbocycles. The molecule has 2 aromatic rings. The molecule has 1 fully saturated rings. The van der Waals surface area contributed by atoms with E-state index >= 15 is 0 Å². The molecule has 0 bridgehead atoms. The van der Waals surface area contributed by atoms with Crippen molar-refractivity contribution in [1.82, 2.24) is 10.3 Å². The van der Waals surface area contributed by atoms with Crippen molar-refractivity contribution < 1.29 is 17.9 Å². The lowest BCUT2D eigenvalue weighted by atomic mass is 9.97. The number of hydrogen-bond acceptors (Lipinski definition) is 6. The number of nitrogens with zero attached hydrogens (tertiary/aromatic N) is 1. The molecular formula is C17H17BrN2O4S. The lowest BCUT2D eigenvalue weighted by Crippen LogP contribution is -2.35. The molecule has 0 saturated carbocycles. The maximum Gasteiger partial charge on any atom is 0.312 e. The molecule has 0 radical (unpaired) electrons. The molecule has 8 heteroatoms. The third-order valence-electron chi connectivity index (χ3n) is 4.31. The zero-order valence-electron chi connectivity index (χ0n) is 13.4. The molecule has 3 atom stereocenters. The van der Waals surface area contributed by atoms with Gasteiger partial charge in [-0.05, 0) is 40.2 Å². The second-order valence-electron chi connectivity index (χ2n) is 5.73. The van der Waals surface area contributed by atoms with Crippen LogP contribution in [-0.4, -0.2) is 38.3 Å². The van der Waals surface area contributed by atoms with Crippen LogP contribution in [-0.2, 0) is 19.4 Å². The summed E-state index contributed by atoms with van der Waals surface area (Å²) in [7, 11) is -2.43. The van der Waals surface area contributed by atoms with Gasteiger partial charge in [0.1, 0.15) is 0 Å². The van der Waals surface area contributed by atoms with Crippen molar-refractivity contribution in [3.05, 3.63) is 58.8 Å². The fourth-order valence-corrected chi connectivity index (χ4v) is 5.17. The second-order valence-corrected chi connectivity index (χ2v) is 8.82. The molecule has 132 valence electrons. The summed E-state index contributed by atoms with van der Waals surface area (Å²) in [5.74, 6) is -1.44. The van der Waals surface area contributed by atoms with E-state index in [1.807, 2.05) is 0 Å². The van der Waals surface area contributed by atoms with Crippen LogP contribution in [0.4, 0.5) is 0 Å². The first-order valence-electron chi connectivity index (χ1n) is 7.66. The lowest BCUT2D eigenvalue weighted by molar-refractivity contribution is -0.145. The molecule has 0 spiro atoms. The first-order chi connectivity index (χ1) is 11.9. The number of rotatable bonds is 4. The second kappa shape index (κ2) is 7.23. The van der Waals surface area contributed by atoms with Gasteiger partial charge in [-0.2, -0.15) is 0 Å². The van der Waals surface area contributed by atoms with Crippen LogP contribution in [0.5, 0.6) is 0 Å². The smallest absolute Gasteiger partial charge is 0.312 e. The average molecular weight is 425 g/mol. The fourth-order valence-electron chi connectivity index (χ4n) is 3.08. The van der Waals surface area contributed by atoms with Gasteiger partial charge in [-0.3, -0.25) is 9.78 Å². The third kappa shape index (κ3) is 3.47. The minimum atomic E-state index is -3.69. The minimum Gasteiger partial charge on any atom is -0.469 e. The van der Waals surface area contributed by atoms with Crippen LogP contribution < -0.4 is 5.32 Å². The Morgan fingerprint density at radius 3 is 2.56 bits per heavy atom. The highest BCUT2D eigenvalue weighted by atomic mass is 79.9. The highest BCUT2D eigenvalue weighted by Crippen LogP contribution is 2.36. The van der Waals surface area contributed by atoms with Crippen molar-refractivity contribution >= 4 is 31.7 Å². The van der Waals surface area contributed by atoms with Crippen molar-refractivity contribution in [2.45, 2.75) is 16.2 Å². The highest BCUT2D eigenvalue weighted by Gasteiger charge is 2.49. The molecule has 1 N–H and O–H groups in total. The van der Waals surface area contributed by atoms with E-state index < -0.39 is 33.0 Å². The number of halogens is 1. The Balaban J connectivity index is 2.00. The van der Waals surface area contributed by atoms with Gasteiger partial charge in [-0.1, -0.05) is 18.2 Å². The Bertz CT molecular complexity index is 856. The van der Waals surface area contributed by atoms with E-state index in [1.165, 1.54) is 19.2 Å². The lowest BCUT2D eigenvalue weighted by Gasteiger charge is -2.21. The van der Waals surface area contributed by atoms with Crippen LogP contribution in [0.1, 0.15) is 11.7 Å². The number of carbonyl (C=O) groups excluding carboxylic acids is 1. The monoisotopic (exact) mass is 424 g/mol. The Labute approximate surface area is 154 Å². The molecule has 0 unspecified atom stereocenters. The molecule has 1 aromatic carbocycles. The molecule has 6 nitrogen and oxygen atoms in total. The maximum atomic E-state index is 13.0. The molecular weight excluding hydrogens is 408 g/mol. The van der Waals surface area contributed by atoms with Crippen molar-refractivity contribution in [3.8, 4) is 0 Å². The van der Waals surface area contributed by atoms with Crippen molar-refractivity contribution in [1.29, 1.82) is 0 Å². The van der Waals surface area contributed by atoms with Gasteiger partial charge in [-0.25, -0.2) is 8.42 Å². The molecule has 1 aliphatic rings. The van der Waals surface area contributed by atoms with Gasteiger partial charge in [0.15, 0.2) is 9.84 Å². The number of ether oxygens (including phenoxy) is 1. The third-order valence-corrected chi connectivity index (χ3v) is 6.97. The number of nitrogens with one attached hydrogen (secondary N) is 1. The average Bonchev–Trinajstić information content (AvgIpc) is 3.08. The molecule has 0 amide bonds. The van der Waals surface area contributed by atoms with Crippen LogP contribution in [0.25, 0.3) is 0 Å². The van der Waals surface area contributed by atoms with Crippen LogP contribution in [0.15, 0.2) is 58.0 Å². The summed E-state index contributed by atoms with van der Waals surface area (Å²) in [6, 6.07) is 11.2.